The van der Waals surface area contributed by atoms with E-state index in [1.54, 1.807) is 26.0 Å². The van der Waals surface area contributed by atoms with Crippen LogP contribution in [0.15, 0.2) is 53.3 Å². The zero-order valence-electron chi connectivity index (χ0n) is 22.5. The van der Waals surface area contributed by atoms with Gasteiger partial charge in [-0.3, -0.25) is 18.7 Å². The Kier molecular flexibility index (Phi) is 10.5. The highest BCUT2D eigenvalue weighted by molar-refractivity contribution is 7.53. The van der Waals surface area contributed by atoms with Crippen LogP contribution in [0.25, 0.3) is 11.4 Å². The van der Waals surface area contributed by atoms with E-state index in [1.807, 2.05) is 24.1 Å². The average molecular weight is 561 g/mol. The number of benzene rings is 2. The van der Waals surface area contributed by atoms with Crippen molar-refractivity contribution in [1.29, 1.82) is 0 Å². The van der Waals surface area contributed by atoms with Crippen molar-refractivity contribution in [3.63, 3.8) is 0 Å². The Balaban J connectivity index is 1.72. The lowest BCUT2D eigenvalue weighted by Crippen LogP contribution is -2.29. The zero-order chi connectivity index (χ0) is 28.6. The molecule has 0 bridgehead atoms. The Morgan fingerprint density at radius 2 is 1.67 bits per heavy atom. The van der Waals surface area contributed by atoms with Gasteiger partial charge in [0.2, 0.25) is 5.75 Å². The Labute approximate surface area is 226 Å². The molecule has 2 N–H and O–H groups in total. The van der Waals surface area contributed by atoms with Gasteiger partial charge in [0.05, 0.1) is 19.4 Å². The van der Waals surface area contributed by atoms with E-state index < -0.39 is 36.3 Å². The molecule has 0 fully saturated rings. The van der Waals surface area contributed by atoms with Gasteiger partial charge in [0.1, 0.15) is 11.6 Å². The van der Waals surface area contributed by atoms with Crippen molar-refractivity contribution in [2.75, 3.05) is 33.0 Å². The van der Waals surface area contributed by atoms with Gasteiger partial charge in [-0.1, -0.05) is 36.4 Å². The van der Waals surface area contributed by atoms with Crippen molar-refractivity contribution in [2.45, 2.75) is 26.9 Å². The van der Waals surface area contributed by atoms with Gasteiger partial charge >= 0.3 is 7.60 Å². The largest absolute Gasteiger partial charge is 0.501 e. The molecule has 1 amide bonds. The molecule has 12 heteroatoms. The molecule has 0 radical (unpaired) electrons. The quantitative estimate of drug-likeness (QED) is 0.302. The highest BCUT2D eigenvalue weighted by Gasteiger charge is 2.24. The third-order valence-electron chi connectivity index (χ3n) is 5.92. The zero-order valence-corrected chi connectivity index (χ0v) is 23.4. The Morgan fingerprint density at radius 3 is 2.26 bits per heavy atom. The summed E-state index contributed by atoms with van der Waals surface area (Å²) in [5.74, 6) is -1.68. The van der Waals surface area contributed by atoms with Gasteiger partial charge in [-0.25, -0.2) is 9.37 Å². The summed E-state index contributed by atoms with van der Waals surface area (Å²) in [6.45, 7) is 5.32. The number of rotatable bonds is 13. The summed E-state index contributed by atoms with van der Waals surface area (Å²) in [5.41, 5.74) is 1.03. The van der Waals surface area contributed by atoms with Crippen LogP contribution in [0.3, 0.4) is 0 Å². The van der Waals surface area contributed by atoms with E-state index in [9.17, 15) is 23.7 Å². The molecule has 1 heterocycles. The molecule has 2 aromatic carbocycles. The topological polar surface area (TPSA) is 123 Å². The van der Waals surface area contributed by atoms with Crippen molar-refractivity contribution < 1.29 is 27.9 Å². The molecule has 210 valence electrons. The fourth-order valence-electron chi connectivity index (χ4n) is 3.88. The first-order chi connectivity index (χ1) is 18.6. The van der Waals surface area contributed by atoms with Crippen LogP contribution >= 0.6 is 7.60 Å². The summed E-state index contributed by atoms with van der Waals surface area (Å²) in [5, 5.41) is 12.9. The highest BCUT2D eigenvalue weighted by Crippen LogP contribution is 2.47. The third-order valence-corrected chi connectivity index (χ3v) is 7.97. The van der Waals surface area contributed by atoms with E-state index in [4.69, 9.17) is 9.05 Å². The maximum absolute atomic E-state index is 13.1. The minimum atomic E-state index is -3.13. The second kappa shape index (κ2) is 13.6. The summed E-state index contributed by atoms with van der Waals surface area (Å²) in [6, 6.07) is 12.9. The predicted molar refractivity (Wildman–Crippen MR) is 146 cm³/mol. The number of nitrogens with zero attached hydrogens (tertiary/aromatic N) is 3. The highest BCUT2D eigenvalue weighted by atomic mass is 31.2. The molecule has 0 atom stereocenters. The fourth-order valence-corrected chi connectivity index (χ4v) is 5.58. The molecule has 0 spiro atoms. The van der Waals surface area contributed by atoms with Crippen molar-refractivity contribution >= 4 is 13.5 Å². The molecule has 39 heavy (non-hydrogen) atoms. The van der Waals surface area contributed by atoms with E-state index in [0.29, 0.717) is 37.4 Å². The molecule has 3 aromatic rings. The van der Waals surface area contributed by atoms with Crippen molar-refractivity contribution in [1.82, 2.24) is 19.8 Å². The fraction of sp³-hybridized carbons (Fsp3) is 0.370. The number of carbonyl (C=O) groups is 1. The maximum Gasteiger partial charge on any atom is 0.331 e. The van der Waals surface area contributed by atoms with Crippen LogP contribution in [-0.4, -0.2) is 58.4 Å². The Hall–Kier alpha value is -3.37. The Morgan fingerprint density at radius 1 is 1.08 bits per heavy atom. The lowest BCUT2D eigenvalue weighted by Gasteiger charge is -2.21. The predicted octanol–water partition coefficient (Wildman–Crippen LogP) is 3.92. The van der Waals surface area contributed by atoms with Gasteiger partial charge in [0.15, 0.2) is 5.69 Å². The van der Waals surface area contributed by atoms with Crippen molar-refractivity contribution in [2.24, 2.45) is 7.05 Å². The normalized spacial score (nSPS) is 11.6. The van der Waals surface area contributed by atoms with Gasteiger partial charge in [-0.05, 0) is 44.2 Å². The molecule has 0 unspecified atom stereocenters. The van der Waals surface area contributed by atoms with Crippen molar-refractivity contribution in [3.8, 4) is 17.1 Å². The first-order valence-corrected chi connectivity index (χ1v) is 14.3. The molecule has 0 aliphatic carbocycles. The first kappa shape index (κ1) is 30.2. The molecule has 0 aliphatic rings. The second-order valence-electron chi connectivity index (χ2n) is 8.91. The summed E-state index contributed by atoms with van der Waals surface area (Å²) < 4.78 is 37.7. The molecule has 0 saturated heterocycles. The molecular formula is C27H34FN4O6P. The average Bonchev–Trinajstić information content (AvgIpc) is 2.91. The van der Waals surface area contributed by atoms with E-state index in [2.05, 4.69) is 10.3 Å². The number of nitrogens with one attached hydrogen (secondary N) is 1. The van der Waals surface area contributed by atoms with Gasteiger partial charge in [-0.15, -0.1) is 0 Å². The molecule has 0 aliphatic heterocycles. The van der Waals surface area contributed by atoms with Crippen LogP contribution in [0.5, 0.6) is 5.75 Å². The number of aromatic nitrogens is 2. The summed E-state index contributed by atoms with van der Waals surface area (Å²) >= 11 is 0. The van der Waals surface area contributed by atoms with E-state index in [0.717, 1.165) is 5.56 Å². The van der Waals surface area contributed by atoms with Crippen LogP contribution < -0.4 is 10.9 Å². The van der Waals surface area contributed by atoms with Crippen LogP contribution in [0, 0.1) is 5.82 Å². The van der Waals surface area contributed by atoms with Crippen LogP contribution in [-0.2, 0) is 33.7 Å². The number of halogens is 1. The number of carbonyl (C=O) groups excluding carboxylic acids is 1. The van der Waals surface area contributed by atoms with Gasteiger partial charge in [0, 0.05) is 32.2 Å². The molecular weight excluding hydrogens is 526 g/mol. The lowest BCUT2D eigenvalue weighted by atomic mass is 10.1. The molecule has 1 aromatic heterocycles. The maximum atomic E-state index is 13.1. The number of aromatic hydroxyl groups is 1. The number of hydrogen-bond donors (Lipinski definition) is 2. The minimum absolute atomic E-state index is 0.0670. The monoisotopic (exact) mass is 560 g/mol. The van der Waals surface area contributed by atoms with E-state index in [-0.39, 0.29) is 18.5 Å². The third kappa shape index (κ3) is 8.06. The van der Waals surface area contributed by atoms with Crippen LogP contribution in [0.1, 0.15) is 35.5 Å². The molecule has 3 rings (SSSR count). The van der Waals surface area contributed by atoms with Crippen LogP contribution in [0.2, 0.25) is 0 Å². The first-order valence-electron chi connectivity index (χ1n) is 12.6. The number of amides is 1. The SMILES string of the molecule is CCOP(=O)(CCN(C)Cc1ccc(-c2nc(C(=O)NCc3ccc(F)cc3)c(O)c(=O)n2C)cc1)OCC. The lowest BCUT2D eigenvalue weighted by molar-refractivity contribution is 0.0942. The molecule has 0 saturated carbocycles. The van der Waals surface area contributed by atoms with E-state index in [1.165, 1.54) is 35.9 Å². The van der Waals surface area contributed by atoms with Gasteiger partial charge in [0.25, 0.3) is 11.5 Å². The van der Waals surface area contributed by atoms with Crippen molar-refractivity contribution in [3.05, 3.63) is 81.5 Å². The minimum Gasteiger partial charge on any atom is -0.501 e. The molecule has 10 nitrogen and oxygen atoms in total. The van der Waals surface area contributed by atoms with Crippen LogP contribution in [0.4, 0.5) is 4.39 Å². The van der Waals surface area contributed by atoms with Gasteiger partial charge in [-0.2, -0.15) is 0 Å². The number of hydrogen-bond acceptors (Lipinski definition) is 8. The summed E-state index contributed by atoms with van der Waals surface area (Å²) in [6.07, 6.45) is 0.273. The smallest absolute Gasteiger partial charge is 0.331 e. The standard InChI is InChI=1S/C27H34FN4O6P/c1-5-37-39(36,38-6-2)16-15-31(3)18-20-7-11-21(12-8-20)25-30-23(24(33)27(35)32(25)4)26(34)29-17-19-9-13-22(28)14-10-19/h7-14,33H,5-6,15-18H2,1-4H3,(H,29,34). The second-order valence-corrected chi connectivity index (χ2v) is 11.1. The summed E-state index contributed by atoms with van der Waals surface area (Å²) in [7, 11) is 0.232. The summed E-state index contributed by atoms with van der Waals surface area (Å²) in [4.78, 5) is 31.7. The van der Waals surface area contributed by atoms with Gasteiger partial charge < -0.3 is 24.4 Å². The Bertz CT molecular complexity index is 1370. The van der Waals surface area contributed by atoms with E-state index >= 15 is 0 Å².